The summed E-state index contributed by atoms with van der Waals surface area (Å²) in [7, 11) is 0. The second kappa shape index (κ2) is 10.7. The average Bonchev–Trinajstić information content (AvgIpc) is 2.83. The highest BCUT2D eigenvalue weighted by molar-refractivity contribution is 5.79. The van der Waals surface area contributed by atoms with Gasteiger partial charge in [-0.25, -0.2) is 9.97 Å². The molecule has 1 atom stereocenters. The smallest absolute Gasteiger partial charge is 0.225 e. The van der Waals surface area contributed by atoms with Gasteiger partial charge in [-0.3, -0.25) is 9.69 Å². The van der Waals surface area contributed by atoms with Gasteiger partial charge in [0.05, 0.1) is 19.1 Å². The number of amides is 1. The zero-order valence-corrected chi connectivity index (χ0v) is 18.4. The summed E-state index contributed by atoms with van der Waals surface area (Å²) in [5.74, 6) is 0.862. The number of hydrogen-bond acceptors (Lipinski definition) is 6. The molecular weight excluding hydrogens is 390 g/mol. The third kappa shape index (κ3) is 6.02. The van der Waals surface area contributed by atoms with Crippen LogP contribution in [0.2, 0.25) is 0 Å². The molecule has 2 fully saturated rings. The van der Waals surface area contributed by atoms with Crippen molar-refractivity contribution in [3.05, 3.63) is 42.2 Å². The molecule has 4 rings (SSSR count). The van der Waals surface area contributed by atoms with E-state index in [9.17, 15) is 4.79 Å². The van der Waals surface area contributed by atoms with Gasteiger partial charge in [-0.1, -0.05) is 29.8 Å². The van der Waals surface area contributed by atoms with Gasteiger partial charge in [-0.2, -0.15) is 0 Å². The molecule has 3 heterocycles. The molecule has 2 saturated heterocycles. The van der Waals surface area contributed by atoms with Crippen molar-refractivity contribution in [3.63, 3.8) is 0 Å². The number of carbonyl (C=O) groups is 1. The van der Waals surface area contributed by atoms with Crippen molar-refractivity contribution >= 4 is 11.9 Å². The number of anilines is 1. The first-order valence-corrected chi connectivity index (χ1v) is 11.4. The Morgan fingerprint density at radius 1 is 1.10 bits per heavy atom. The number of piperidine rings is 1. The minimum absolute atomic E-state index is 0.00230. The largest absolute Gasteiger partial charge is 0.379 e. The van der Waals surface area contributed by atoms with Gasteiger partial charge < -0.3 is 15.0 Å². The zero-order valence-electron chi connectivity index (χ0n) is 18.4. The molecule has 31 heavy (non-hydrogen) atoms. The molecule has 1 amide bonds. The zero-order chi connectivity index (χ0) is 21.5. The van der Waals surface area contributed by atoms with Gasteiger partial charge in [0.25, 0.3) is 0 Å². The SMILES string of the molecule is Cc1ccc(-c2cnc(N3CCCC(C(=O)NCCCN4CCOCC4)C3)nc2)cc1. The summed E-state index contributed by atoms with van der Waals surface area (Å²) >= 11 is 0. The number of aryl methyl sites for hydroxylation is 1. The lowest BCUT2D eigenvalue weighted by Gasteiger charge is -2.32. The van der Waals surface area contributed by atoms with Crippen LogP contribution in [-0.2, 0) is 9.53 Å². The van der Waals surface area contributed by atoms with E-state index in [1.807, 2.05) is 12.4 Å². The first kappa shape index (κ1) is 21.7. The molecule has 166 valence electrons. The number of ether oxygens (including phenoxy) is 1. The quantitative estimate of drug-likeness (QED) is 0.690. The Balaban J connectivity index is 1.25. The molecule has 2 aliphatic heterocycles. The van der Waals surface area contributed by atoms with Crippen LogP contribution >= 0.6 is 0 Å². The van der Waals surface area contributed by atoms with Crippen molar-refractivity contribution < 1.29 is 9.53 Å². The fourth-order valence-electron chi connectivity index (χ4n) is 4.24. The number of carbonyl (C=O) groups excluding carboxylic acids is 1. The molecule has 0 radical (unpaired) electrons. The summed E-state index contributed by atoms with van der Waals surface area (Å²) in [5, 5.41) is 3.13. The Morgan fingerprint density at radius 2 is 1.84 bits per heavy atom. The van der Waals surface area contributed by atoms with E-state index < -0.39 is 0 Å². The van der Waals surface area contributed by atoms with Crippen LogP contribution in [0.15, 0.2) is 36.7 Å². The molecule has 2 aliphatic rings. The van der Waals surface area contributed by atoms with Gasteiger partial charge in [0.2, 0.25) is 11.9 Å². The topological polar surface area (TPSA) is 70.6 Å². The second-order valence-corrected chi connectivity index (χ2v) is 8.52. The molecule has 0 aliphatic carbocycles. The normalized spacial score (nSPS) is 19.9. The van der Waals surface area contributed by atoms with Crippen LogP contribution < -0.4 is 10.2 Å². The molecule has 1 unspecified atom stereocenters. The second-order valence-electron chi connectivity index (χ2n) is 8.52. The first-order chi connectivity index (χ1) is 15.2. The Kier molecular flexibility index (Phi) is 7.48. The Bertz CT molecular complexity index is 834. The Hall–Kier alpha value is -2.51. The summed E-state index contributed by atoms with van der Waals surface area (Å²) in [5.41, 5.74) is 3.36. The van der Waals surface area contributed by atoms with Crippen molar-refractivity contribution in [1.29, 1.82) is 0 Å². The molecule has 0 bridgehead atoms. The van der Waals surface area contributed by atoms with Gasteiger partial charge >= 0.3 is 0 Å². The number of nitrogens with zero attached hydrogens (tertiary/aromatic N) is 4. The van der Waals surface area contributed by atoms with Crippen LogP contribution in [0.25, 0.3) is 11.1 Å². The molecule has 7 nitrogen and oxygen atoms in total. The van der Waals surface area contributed by atoms with E-state index >= 15 is 0 Å². The average molecular weight is 424 g/mol. The first-order valence-electron chi connectivity index (χ1n) is 11.4. The fraction of sp³-hybridized carbons (Fsp3) is 0.542. The Labute approximate surface area is 184 Å². The van der Waals surface area contributed by atoms with Crippen molar-refractivity contribution in [2.45, 2.75) is 26.2 Å². The molecule has 1 aromatic carbocycles. The van der Waals surface area contributed by atoms with Gasteiger partial charge in [0.1, 0.15) is 0 Å². The molecular formula is C24H33N5O2. The van der Waals surface area contributed by atoms with Crippen molar-refractivity contribution in [2.75, 3.05) is 57.4 Å². The summed E-state index contributed by atoms with van der Waals surface area (Å²) in [6, 6.07) is 8.37. The van der Waals surface area contributed by atoms with Crippen LogP contribution in [0.4, 0.5) is 5.95 Å². The molecule has 0 saturated carbocycles. The summed E-state index contributed by atoms with van der Waals surface area (Å²) in [6.45, 7) is 9.02. The summed E-state index contributed by atoms with van der Waals surface area (Å²) < 4.78 is 5.38. The van der Waals surface area contributed by atoms with E-state index in [1.54, 1.807) is 0 Å². The lowest BCUT2D eigenvalue weighted by atomic mass is 9.97. The third-order valence-corrected chi connectivity index (χ3v) is 6.15. The standard InChI is InChI=1S/C24H33N5O2/c1-19-5-7-20(8-6-19)22-16-26-24(27-17-22)29-11-2-4-21(18-29)23(30)25-9-3-10-28-12-14-31-15-13-28/h5-8,16-17,21H,2-4,9-15,18H2,1H3,(H,25,30). The lowest BCUT2D eigenvalue weighted by Crippen LogP contribution is -2.44. The highest BCUT2D eigenvalue weighted by Gasteiger charge is 2.27. The van der Waals surface area contributed by atoms with E-state index in [0.29, 0.717) is 12.5 Å². The van der Waals surface area contributed by atoms with Crippen LogP contribution in [0, 0.1) is 12.8 Å². The monoisotopic (exact) mass is 423 g/mol. The van der Waals surface area contributed by atoms with Gasteiger partial charge in [0, 0.05) is 50.7 Å². The third-order valence-electron chi connectivity index (χ3n) is 6.15. The molecule has 0 spiro atoms. The predicted molar refractivity (Wildman–Crippen MR) is 122 cm³/mol. The molecule has 1 aromatic heterocycles. The van der Waals surface area contributed by atoms with Gasteiger partial charge in [-0.15, -0.1) is 0 Å². The molecule has 1 N–H and O–H groups in total. The predicted octanol–water partition coefficient (Wildman–Crippen LogP) is 2.51. The maximum absolute atomic E-state index is 12.7. The number of aromatic nitrogens is 2. The van der Waals surface area contributed by atoms with Gasteiger partial charge in [0.15, 0.2) is 0 Å². The Morgan fingerprint density at radius 3 is 2.58 bits per heavy atom. The molecule has 2 aromatic rings. The van der Waals surface area contributed by atoms with E-state index in [0.717, 1.165) is 76.3 Å². The van der Waals surface area contributed by atoms with Crippen LogP contribution in [0.3, 0.4) is 0 Å². The van der Waals surface area contributed by atoms with Crippen LogP contribution in [-0.4, -0.2) is 73.3 Å². The fourth-order valence-corrected chi connectivity index (χ4v) is 4.24. The van der Waals surface area contributed by atoms with Gasteiger partial charge in [-0.05, 0) is 38.3 Å². The number of morpholine rings is 1. The maximum Gasteiger partial charge on any atom is 0.225 e. The number of benzene rings is 1. The molecule has 7 heteroatoms. The van der Waals surface area contributed by atoms with E-state index in [1.165, 1.54) is 5.56 Å². The maximum atomic E-state index is 12.7. The number of rotatable bonds is 7. The minimum Gasteiger partial charge on any atom is -0.379 e. The minimum atomic E-state index is -0.00230. The van der Waals surface area contributed by atoms with E-state index in [-0.39, 0.29) is 11.8 Å². The van der Waals surface area contributed by atoms with E-state index in [4.69, 9.17) is 4.74 Å². The lowest BCUT2D eigenvalue weighted by molar-refractivity contribution is -0.125. The van der Waals surface area contributed by atoms with Crippen molar-refractivity contribution in [3.8, 4) is 11.1 Å². The highest BCUT2D eigenvalue weighted by Crippen LogP contribution is 2.23. The summed E-state index contributed by atoms with van der Waals surface area (Å²) in [6.07, 6.45) is 6.64. The van der Waals surface area contributed by atoms with E-state index in [2.05, 4.69) is 56.3 Å². The van der Waals surface area contributed by atoms with Crippen LogP contribution in [0.5, 0.6) is 0 Å². The van der Waals surface area contributed by atoms with Crippen molar-refractivity contribution in [2.24, 2.45) is 5.92 Å². The number of nitrogens with one attached hydrogen (secondary N) is 1. The number of hydrogen-bond donors (Lipinski definition) is 1. The van der Waals surface area contributed by atoms with Crippen molar-refractivity contribution in [1.82, 2.24) is 20.2 Å². The summed E-state index contributed by atoms with van der Waals surface area (Å²) in [4.78, 5) is 26.4. The van der Waals surface area contributed by atoms with Crippen LogP contribution in [0.1, 0.15) is 24.8 Å². The highest BCUT2D eigenvalue weighted by atomic mass is 16.5.